The van der Waals surface area contributed by atoms with Crippen molar-refractivity contribution < 1.29 is 14.7 Å². The number of aromatic carboxylic acids is 1. The van der Waals surface area contributed by atoms with Crippen LogP contribution >= 0.6 is 15.9 Å². The predicted octanol–water partition coefficient (Wildman–Crippen LogP) is 2.43. The zero-order valence-electron chi connectivity index (χ0n) is 9.90. The normalized spacial score (nSPS) is 10.2. The van der Waals surface area contributed by atoms with Crippen LogP contribution in [0.4, 0.5) is 5.69 Å². The molecule has 1 amide bonds. The van der Waals surface area contributed by atoms with Crippen molar-refractivity contribution in [1.29, 1.82) is 0 Å². The SMILES string of the molecule is Cc1[nH]cc(NC(=O)c2ncccc2Br)c1C(=O)O. The Hall–Kier alpha value is -2.15. The van der Waals surface area contributed by atoms with Crippen molar-refractivity contribution in [2.75, 3.05) is 5.32 Å². The van der Waals surface area contributed by atoms with Crippen LogP contribution in [0.5, 0.6) is 0 Å². The number of amides is 1. The third kappa shape index (κ3) is 2.65. The monoisotopic (exact) mass is 323 g/mol. The summed E-state index contributed by atoms with van der Waals surface area (Å²) in [5.74, 6) is -1.58. The number of nitrogens with one attached hydrogen (secondary N) is 2. The van der Waals surface area contributed by atoms with Gasteiger partial charge in [0.05, 0.1) is 5.69 Å². The molecule has 0 aromatic carbocycles. The summed E-state index contributed by atoms with van der Waals surface area (Å²) in [6, 6.07) is 3.37. The summed E-state index contributed by atoms with van der Waals surface area (Å²) in [5, 5.41) is 11.6. The molecule has 0 unspecified atom stereocenters. The summed E-state index contributed by atoms with van der Waals surface area (Å²) in [5.41, 5.74) is 0.925. The fraction of sp³-hybridized carbons (Fsp3) is 0.0833. The molecule has 2 aromatic heterocycles. The molecular weight excluding hydrogens is 314 g/mol. The van der Waals surface area contributed by atoms with Crippen molar-refractivity contribution in [2.24, 2.45) is 0 Å². The molecule has 2 rings (SSSR count). The summed E-state index contributed by atoms with van der Waals surface area (Å²) in [6.07, 6.45) is 2.92. The Morgan fingerprint density at radius 3 is 2.84 bits per heavy atom. The van der Waals surface area contributed by atoms with Crippen LogP contribution in [0.3, 0.4) is 0 Å². The fourth-order valence-electron chi connectivity index (χ4n) is 1.64. The van der Waals surface area contributed by atoms with Gasteiger partial charge in [0, 0.05) is 22.6 Å². The zero-order valence-corrected chi connectivity index (χ0v) is 11.5. The highest BCUT2D eigenvalue weighted by molar-refractivity contribution is 9.10. The lowest BCUT2D eigenvalue weighted by atomic mass is 10.2. The topological polar surface area (TPSA) is 95.1 Å². The number of rotatable bonds is 3. The van der Waals surface area contributed by atoms with Gasteiger partial charge in [0.1, 0.15) is 11.3 Å². The van der Waals surface area contributed by atoms with Gasteiger partial charge in [-0.15, -0.1) is 0 Å². The van der Waals surface area contributed by atoms with E-state index >= 15 is 0 Å². The van der Waals surface area contributed by atoms with Crippen LogP contribution in [-0.4, -0.2) is 27.0 Å². The molecular formula is C12H10BrN3O3. The maximum Gasteiger partial charge on any atom is 0.339 e. The molecule has 19 heavy (non-hydrogen) atoms. The molecule has 7 heteroatoms. The van der Waals surface area contributed by atoms with Crippen molar-refractivity contribution in [2.45, 2.75) is 6.92 Å². The van der Waals surface area contributed by atoms with Gasteiger partial charge in [0.25, 0.3) is 5.91 Å². The van der Waals surface area contributed by atoms with Gasteiger partial charge in [-0.25, -0.2) is 9.78 Å². The zero-order chi connectivity index (χ0) is 14.0. The van der Waals surface area contributed by atoms with E-state index in [1.807, 2.05) is 0 Å². The van der Waals surface area contributed by atoms with E-state index in [0.717, 1.165) is 0 Å². The number of pyridine rings is 1. The fourth-order valence-corrected chi connectivity index (χ4v) is 2.07. The van der Waals surface area contributed by atoms with Gasteiger partial charge in [-0.05, 0) is 35.0 Å². The number of hydrogen-bond donors (Lipinski definition) is 3. The number of aromatic amines is 1. The minimum absolute atomic E-state index is 0.0420. The molecule has 2 heterocycles. The van der Waals surface area contributed by atoms with Gasteiger partial charge < -0.3 is 15.4 Å². The third-order valence-electron chi connectivity index (χ3n) is 2.51. The Labute approximate surface area is 117 Å². The quantitative estimate of drug-likeness (QED) is 0.808. The summed E-state index contributed by atoms with van der Waals surface area (Å²) < 4.78 is 0.539. The summed E-state index contributed by atoms with van der Waals surface area (Å²) in [6.45, 7) is 1.62. The molecule has 0 atom stereocenters. The number of H-pyrrole nitrogens is 1. The molecule has 0 aliphatic carbocycles. The molecule has 0 aliphatic rings. The second-order valence-electron chi connectivity index (χ2n) is 3.80. The molecule has 0 fully saturated rings. The van der Waals surface area contributed by atoms with Crippen LogP contribution in [0.25, 0.3) is 0 Å². The largest absolute Gasteiger partial charge is 0.478 e. The average Bonchev–Trinajstić information content (AvgIpc) is 2.70. The third-order valence-corrected chi connectivity index (χ3v) is 3.15. The van der Waals surface area contributed by atoms with E-state index in [1.54, 1.807) is 19.1 Å². The van der Waals surface area contributed by atoms with Crippen LogP contribution in [0.1, 0.15) is 26.5 Å². The lowest BCUT2D eigenvalue weighted by Crippen LogP contribution is -2.16. The number of anilines is 1. The van der Waals surface area contributed by atoms with Crippen LogP contribution in [0.2, 0.25) is 0 Å². The first-order chi connectivity index (χ1) is 9.00. The molecule has 0 spiro atoms. The van der Waals surface area contributed by atoms with E-state index in [4.69, 9.17) is 5.11 Å². The molecule has 0 aliphatic heterocycles. The van der Waals surface area contributed by atoms with E-state index in [9.17, 15) is 9.59 Å². The second-order valence-corrected chi connectivity index (χ2v) is 4.65. The van der Waals surface area contributed by atoms with Crippen LogP contribution in [-0.2, 0) is 0 Å². The highest BCUT2D eigenvalue weighted by Crippen LogP contribution is 2.21. The highest BCUT2D eigenvalue weighted by Gasteiger charge is 2.19. The molecule has 0 radical (unpaired) electrons. The van der Waals surface area contributed by atoms with E-state index in [0.29, 0.717) is 10.2 Å². The van der Waals surface area contributed by atoms with Crippen LogP contribution in [0, 0.1) is 6.92 Å². The summed E-state index contributed by atoms with van der Waals surface area (Å²) >= 11 is 3.22. The van der Waals surface area contributed by atoms with Crippen LogP contribution < -0.4 is 5.32 Å². The molecule has 0 saturated carbocycles. The van der Waals surface area contributed by atoms with Crippen LogP contribution in [0.15, 0.2) is 29.0 Å². The molecule has 6 nitrogen and oxygen atoms in total. The lowest BCUT2D eigenvalue weighted by molar-refractivity contribution is 0.0697. The Morgan fingerprint density at radius 2 is 2.21 bits per heavy atom. The number of carbonyl (C=O) groups excluding carboxylic acids is 1. The number of carboxylic acid groups (broad SMARTS) is 1. The van der Waals surface area contributed by atoms with Gasteiger partial charge in [-0.2, -0.15) is 0 Å². The smallest absolute Gasteiger partial charge is 0.339 e. The Bertz CT molecular complexity index is 651. The van der Waals surface area contributed by atoms with Gasteiger partial charge in [0.2, 0.25) is 0 Å². The lowest BCUT2D eigenvalue weighted by Gasteiger charge is -2.05. The van der Waals surface area contributed by atoms with Gasteiger partial charge in [-0.1, -0.05) is 0 Å². The molecule has 2 aromatic rings. The van der Waals surface area contributed by atoms with Crippen molar-refractivity contribution in [3.63, 3.8) is 0 Å². The summed E-state index contributed by atoms with van der Waals surface area (Å²) in [7, 11) is 0. The number of carbonyl (C=O) groups is 2. The number of nitrogens with zero attached hydrogens (tertiary/aromatic N) is 1. The van der Waals surface area contributed by atoms with Crippen molar-refractivity contribution in [3.8, 4) is 0 Å². The van der Waals surface area contributed by atoms with E-state index in [2.05, 4.69) is 31.2 Å². The first-order valence-corrected chi connectivity index (χ1v) is 6.13. The Morgan fingerprint density at radius 1 is 1.47 bits per heavy atom. The average molecular weight is 324 g/mol. The highest BCUT2D eigenvalue weighted by atomic mass is 79.9. The second kappa shape index (κ2) is 5.23. The van der Waals surface area contributed by atoms with Crippen molar-refractivity contribution in [3.05, 3.63) is 46.0 Å². The predicted molar refractivity (Wildman–Crippen MR) is 72.4 cm³/mol. The Kier molecular flexibility index (Phi) is 3.66. The number of halogens is 1. The summed E-state index contributed by atoms with van der Waals surface area (Å²) in [4.78, 5) is 29.8. The molecule has 3 N–H and O–H groups in total. The van der Waals surface area contributed by atoms with E-state index in [1.165, 1.54) is 12.4 Å². The maximum atomic E-state index is 12.0. The Balaban J connectivity index is 2.30. The van der Waals surface area contributed by atoms with Gasteiger partial charge >= 0.3 is 5.97 Å². The first-order valence-electron chi connectivity index (χ1n) is 5.34. The first kappa shape index (κ1) is 13.3. The van der Waals surface area contributed by atoms with E-state index in [-0.39, 0.29) is 16.9 Å². The van der Waals surface area contributed by atoms with Crippen molar-refractivity contribution in [1.82, 2.24) is 9.97 Å². The standard InChI is InChI=1S/C12H10BrN3O3/c1-6-9(12(18)19)8(5-15-6)16-11(17)10-7(13)3-2-4-14-10/h2-5,15H,1H3,(H,16,17)(H,18,19). The maximum absolute atomic E-state index is 12.0. The molecule has 98 valence electrons. The van der Waals surface area contributed by atoms with Gasteiger partial charge in [-0.3, -0.25) is 4.79 Å². The van der Waals surface area contributed by atoms with Crippen molar-refractivity contribution >= 4 is 33.5 Å². The minimum Gasteiger partial charge on any atom is -0.478 e. The number of aromatic nitrogens is 2. The minimum atomic E-state index is -1.10. The number of carboxylic acids is 1. The number of aryl methyl sites for hydroxylation is 1. The van der Waals surface area contributed by atoms with E-state index < -0.39 is 11.9 Å². The molecule has 0 bridgehead atoms. The van der Waals surface area contributed by atoms with Gasteiger partial charge in [0.15, 0.2) is 0 Å². The molecule has 0 saturated heterocycles. The number of hydrogen-bond acceptors (Lipinski definition) is 3.